The maximum atomic E-state index is 5.88. The first-order valence-corrected chi connectivity index (χ1v) is 5.25. The first kappa shape index (κ1) is 9.78. The minimum atomic E-state index is 0.886. The summed E-state index contributed by atoms with van der Waals surface area (Å²) in [6.07, 6.45) is 0.979. The van der Waals surface area contributed by atoms with Crippen molar-refractivity contribution in [2.75, 3.05) is 5.73 Å². The number of nitrogen functional groups attached to an aromatic ring is 1. The van der Waals surface area contributed by atoms with E-state index in [1.54, 1.807) is 0 Å². The Morgan fingerprint density at radius 1 is 0.933 bits per heavy atom. The first-order chi connectivity index (χ1) is 7.31. The summed E-state index contributed by atoms with van der Waals surface area (Å²) in [7, 11) is 0. The van der Waals surface area contributed by atoms with Gasteiger partial charge in [0, 0.05) is 5.69 Å². The molecule has 0 aliphatic rings. The van der Waals surface area contributed by atoms with Gasteiger partial charge in [-0.05, 0) is 35.2 Å². The Hall–Kier alpha value is -1.76. The van der Waals surface area contributed by atoms with E-state index in [4.69, 9.17) is 5.73 Å². The molecular formula is C14H15N. The van der Waals surface area contributed by atoms with Crippen molar-refractivity contribution in [3.8, 4) is 11.1 Å². The van der Waals surface area contributed by atoms with Crippen molar-refractivity contribution in [1.29, 1.82) is 0 Å². The van der Waals surface area contributed by atoms with E-state index < -0.39 is 0 Å². The molecule has 0 fully saturated rings. The molecule has 0 aliphatic carbocycles. The van der Waals surface area contributed by atoms with Gasteiger partial charge >= 0.3 is 0 Å². The predicted octanol–water partition coefficient (Wildman–Crippen LogP) is 3.50. The summed E-state index contributed by atoms with van der Waals surface area (Å²) in [5.41, 5.74) is 10.5. The lowest BCUT2D eigenvalue weighted by molar-refractivity contribution is 1.15. The smallest absolute Gasteiger partial charge is 0.0346 e. The lowest BCUT2D eigenvalue weighted by Crippen LogP contribution is -1.92. The molecule has 76 valence electrons. The molecule has 0 bridgehead atoms. The van der Waals surface area contributed by atoms with Crippen LogP contribution in [0.4, 0.5) is 5.69 Å². The van der Waals surface area contributed by atoms with Crippen LogP contribution in [0.15, 0.2) is 48.5 Å². The van der Waals surface area contributed by atoms with Crippen LogP contribution in [0, 0.1) is 0 Å². The maximum Gasteiger partial charge on any atom is 0.0346 e. The van der Waals surface area contributed by atoms with Crippen molar-refractivity contribution in [2.24, 2.45) is 0 Å². The van der Waals surface area contributed by atoms with Gasteiger partial charge in [0.2, 0.25) is 0 Å². The Balaban J connectivity index is 2.46. The van der Waals surface area contributed by atoms with Gasteiger partial charge in [-0.2, -0.15) is 0 Å². The van der Waals surface area contributed by atoms with Gasteiger partial charge in [-0.25, -0.2) is 0 Å². The van der Waals surface area contributed by atoms with E-state index in [2.05, 4.69) is 43.3 Å². The van der Waals surface area contributed by atoms with Crippen molar-refractivity contribution in [2.45, 2.75) is 13.3 Å². The van der Waals surface area contributed by atoms with E-state index >= 15 is 0 Å². The van der Waals surface area contributed by atoms with E-state index in [0.29, 0.717) is 0 Å². The highest BCUT2D eigenvalue weighted by molar-refractivity contribution is 5.67. The average molecular weight is 197 g/mol. The van der Waals surface area contributed by atoms with Gasteiger partial charge in [0.15, 0.2) is 0 Å². The number of hydrogen-bond donors (Lipinski definition) is 1. The fourth-order valence-corrected chi connectivity index (χ4v) is 1.72. The maximum absolute atomic E-state index is 5.88. The fraction of sp³-hybridized carbons (Fsp3) is 0.143. The van der Waals surface area contributed by atoms with Crippen LogP contribution in [0.2, 0.25) is 0 Å². The molecule has 0 amide bonds. The van der Waals surface area contributed by atoms with Gasteiger partial charge in [-0.15, -0.1) is 0 Å². The van der Waals surface area contributed by atoms with Crippen molar-refractivity contribution in [3.63, 3.8) is 0 Å². The summed E-state index contributed by atoms with van der Waals surface area (Å²) in [5.74, 6) is 0. The molecule has 15 heavy (non-hydrogen) atoms. The highest BCUT2D eigenvalue weighted by Gasteiger charge is 2.00. The number of anilines is 1. The molecule has 0 saturated heterocycles. The first-order valence-electron chi connectivity index (χ1n) is 5.25. The summed E-state index contributed by atoms with van der Waals surface area (Å²) < 4.78 is 0. The molecule has 1 heteroatoms. The van der Waals surface area contributed by atoms with Gasteiger partial charge in [0.05, 0.1) is 0 Å². The van der Waals surface area contributed by atoms with Gasteiger partial charge in [0.25, 0.3) is 0 Å². The van der Waals surface area contributed by atoms with Crippen LogP contribution in [-0.4, -0.2) is 0 Å². The molecule has 0 unspecified atom stereocenters. The lowest BCUT2D eigenvalue weighted by Gasteiger charge is -2.06. The standard InChI is InChI=1S/C14H15N/c1-2-11-10-13(8-9-14(11)15)12-6-4-3-5-7-12/h3-10H,2,15H2,1H3. The topological polar surface area (TPSA) is 26.0 Å². The zero-order chi connectivity index (χ0) is 10.7. The molecule has 0 radical (unpaired) electrons. The summed E-state index contributed by atoms with van der Waals surface area (Å²) in [5, 5.41) is 0. The van der Waals surface area contributed by atoms with Crippen molar-refractivity contribution >= 4 is 5.69 Å². The molecule has 2 rings (SSSR count). The third kappa shape index (κ3) is 2.01. The zero-order valence-corrected chi connectivity index (χ0v) is 8.90. The second kappa shape index (κ2) is 4.18. The fourth-order valence-electron chi connectivity index (χ4n) is 1.72. The second-order valence-electron chi connectivity index (χ2n) is 3.63. The molecule has 0 spiro atoms. The third-order valence-corrected chi connectivity index (χ3v) is 2.63. The minimum Gasteiger partial charge on any atom is -0.399 e. The third-order valence-electron chi connectivity index (χ3n) is 2.63. The van der Waals surface area contributed by atoms with Crippen LogP contribution in [0.3, 0.4) is 0 Å². The Morgan fingerprint density at radius 3 is 2.33 bits per heavy atom. The second-order valence-corrected chi connectivity index (χ2v) is 3.63. The zero-order valence-electron chi connectivity index (χ0n) is 8.90. The SMILES string of the molecule is CCc1cc(-c2ccccc2)ccc1N. The van der Waals surface area contributed by atoms with Gasteiger partial charge < -0.3 is 5.73 Å². The van der Waals surface area contributed by atoms with Gasteiger partial charge in [-0.1, -0.05) is 43.3 Å². The number of hydrogen-bond acceptors (Lipinski definition) is 1. The summed E-state index contributed by atoms with van der Waals surface area (Å²) in [6, 6.07) is 16.6. The summed E-state index contributed by atoms with van der Waals surface area (Å²) in [6.45, 7) is 2.13. The lowest BCUT2D eigenvalue weighted by atomic mass is 10.0. The molecule has 1 nitrogen and oxygen atoms in total. The largest absolute Gasteiger partial charge is 0.399 e. The highest BCUT2D eigenvalue weighted by Crippen LogP contribution is 2.23. The van der Waals surface area contributed by atoms with Gasteiger partial charge in [-0.3, -0.25) is 0 Å². The Labute approximate surface area is 90.6 Å². The molecule has 0 aromatic heterocycles. The van der Waals surface area contributed by atoms with Crippen LogP contribution < -0.4 is 5.73 Å². The summed E-state index contributed by atoms with van der Waals surface area (Å²) in [4.78, 5) is 0. The predicted molar refractivity (Wildman–Crippen MR) is 65.7 cm³/mol. The molecule has 2 N–H and O–H groups in total. The molecule has 0 heterocycles. The number of benzene rings is 2. The van der Waals surface area contributed by atoms with Crippen molar-refractivity contribution < 1.29 is 0 Å². The van der Waals surface area contributed by atoms with E-state index in [0.717, 1.165) is 12.1 Å². The Bertz CT molecular complexity index is 446. The number of aryl methyl sites for hydroxylation is 1. The van der Waals surface area contributed by atoms with Crippen LogP contribution in [0.5, 0.6) is 0 Å². The quantitative estimate of drug-likeness (QED) is 0.733. The van der Waals surface area contributed by atoms with Crippen molar-refractivity contribution in [1.82, 2.24) is 0 Å². The van der Waals surface area contributed by atoms with Crippen LogP contribution in [0.25, 0.3) is 11.1 Å². The van der Waals surface area contributed by atoms with E-state index in [9.17, 15) is 0 Å². The molecule has 0 atom stereocenters. The monoisotopic (exact) mass is 197 g/mol. The molecule has 2 aromatic carbocycles. The summed E-state index contributed by atoms with van der Waals surface area (Å²) >= 11 is 0. The minimum absolute atomic E-state index is 0.886. The van der Waals surface area contributed by atoms with Gasteiger partial charge in [0.1, 0.15) is 0 Å². The van der Waals surface area contributed by atoms with E-state index in [-0.39, 0.29) is 0 Å². The van der Waals surface area contributed by atoms with Crippen LogP contribution in [0.1, 0.15) is 12.5 Å². The Kier molecular flexibility index (Phi) is 2.72. The normalized spacial score (nSPS) is 10.2. The molecule has 0 saturated carbocycles. The highest BCUT2D eigenvalue weighted by atomic mass is 14.6. The average Bonchev–Trinajstić information content (AvgIpc) is 2.31. The van der Waals surface area contributed by atoms with E-state index in [1.165, 1.54) is 16.7 Å². The molecule has 2 aromatic rings. The molecule has 0 aliphatic heterocycles. The molecular weight excluding hydrogens is 182 g/mol. The Morgan fingerprint density at radius 2 is 1.67 bits per heavy atom. The number of nitrogens with two attached hydrogens (primary N) is 1. The van der Waals surface area contributed by atoms with Crippen LogP contribution >= 0.6 is 0 Å². The number of rotatable bonds is 2. The van der Waals surface area contributed by atoms with E-state index in [1.807, 2.05) is 12.1 Å². The van der Waals surface area contributed by atoms with Crippen LogP contribution in [-0.2, 0) is 6.42 Å². The van der Waals surface area contributed by atoms with Crippen molar-refractivity contribution in [3.05, 3.63) is 54.1 Å².